The first kappa shape index (κ1) is 39.4. The lowest BCUT2D eigenvalue weighted by atomic mass is 10.0. The highest BCUT2D eigenvalue weighted by Crippen LogP contribution is 2.27. The van der Waals surface area contributed by atoms with Crippen LogP contribution in [0.1, 0.15) is 168 Å². The van der Waals surface area contributed by atoms with E-state index in [4.69, 9.17) is 23.7 Å². The number of esters is 5. The fourth-order valence-electron chi connectivity index (χ4n) is 5.25. The molecule has 1 heterocycles. The van der Waals surface area contributed by atoms with Crippen molar-refractivity contribution >= 4 is 29.8 Å². The van der Waals surface area contributed by atoms with Gasteiger partial charge in [-0.2, -0.15) is 0 Å². The zero-order valence-electron chi connectivity index (χ0n) is 27.6. The van der Waals surface area contributed by atoms with E-state index < -0.39 is 48.5 Å². The van der Waals surface area contributed by atoms with Gasteiger partial charge < -0.3 is 23.7 Å². The van der Waals surface area contributed by atoms with Crippen molar-refractivity contribution in [2.45, 2.75) is 181 Å². The number of cyclic esters (lactones) is 2. The molecule has 0 radical (unpaired) electrons. The Morgan fingerprint density at radius 3 is 1.50 bits per heavy atom. The van der Waals surface area contributed by atoms with Crippen molar-refractivity contribution in [1.82, 2.24) is 0 Å². The second kappa shape index (κ2) is 24.6. The van der Waals surface area contributed by atoms with Crippen molar-refractivity contribution in [3.63, 3.8) is 0 Å². The fraction of sp³-hybridized carbons (Fsp3) is 0.853. The van der Waals surface area contributed by atoms with Crippen molar-refractivity contribution in [1.29, 1.82) is 0 Å². The van der Waals surface area contributed by atoms with Crippen molar-refractivity contribution in [2.24, 2.45) is 0 Å². The molecule has 44 heavy (non-hydrogen) atoms. The van der Waals surface area contributed by atoms with E-state index in [9.17, 15) is 24.0 Å². The van der Waals surface area contributed by atoms with Crippen LogP contribution in [0.3, 0.4) is 0 Å². The highest BCUT2D eigenvalue weighted by Gasteiger charge is 2.53. The zero-order chi connectivity index (χ0) is 32.5. The van der Waals surface area contributed by atoms with Gasteiger partial charge in [0.05, 0.1) is 12.8 Å². The molecule has 1 aliphatic rings. The van der Waals surface area contributed by atoms with Crippen LogP contribution in [-0.2, 0) is 47.7 Å². The van der Waals surface area contributed by atoms with Gasteiger partial charge >= 0.3 is 41.9 Å². The first-order valence-electron chi connectivity index (χ1n) is 17.1. The van der Waals surface area contributed by atoms with Gasteiger partial charge in [0.2, 0.25) is 0 Å². The summed E-state index contributed by atoms with van der Waals surface area (Å²) in [7, 11) is 0. The summed E-state index contributed by atoms with van der Waals surface area (Å²) in [5.74, 6) is -6.70. The maximum Gasteiger partial charge on any atom is 0.366 e. The van der Waals surface area contributed by atoms with Crippen molar-refractivity contribution in [2.75, 3.05) is 6.61 Å². The van der Waals surface area contributed by atoms with Crippen molar-refractivity contribution in [3.8, 4) is 0 Å². The third-order valence-electron chi connectivity index (χ3n) is 7.68. The summed E-state index contributed by atoms with van der Waals surface area (Å²) >= 11 is 0. The normalized spacial score (nSPS) is 18.8. The summed E-state index contributed by atoms with van der Waals surface area (Å²) < 4.78 is 25.8. The average molecular weight is 627 g/mol. The topological polar surface area (TPSA) is 132 Å². The lowest BCUT2D eigenvalue weighted by Gasteiger charge is -2.35. The molecule has 1 rings (SSSR count). The fourth-order valence-corrected chi connectivity index (χ4v) is 5.25. The van der Waals surface area contributed by atoms with E-state index in [1.165, 1.54) is 103 Å². The van der Waals surface area contributed by atoms with E-state index in [0.717, 1.165) is 33.1 Å². The van der Waals surface area contributed by atoms with Gasteiger partial charge in [-0.15, -0.1) is 0 Å². The lowest BCUT2D eigenvalue weighted by Crippen LogP contribution is -2.56. The van der Waals surface area contributed by atoms with E-state index in [0.29, 0.717) is 6.42 Å². The largest absolute Gasteiger partial charge is 0.457 e. The first-order chi connectivity index (χ1) is 21.2. The Balaban J connectivity index is 2.24. The van der Waals surface area contributed by atoms with Crippen molar-refractivity contribution < 1.29 is 47.7 Å². The first-order valence-corrected chi connectivity index (χ1v) is 17.1. The molecule has 10 heteroatoms. The molecule has 0 aromatic rings. The monoisotopic (exact) mass is 626 g/mol. The third-order valence-corrected chi connectivity index (χ3v) is 7.68. The Labute approximate surface area is 264 Å². The zero-order valence-corrected chi connectivity index (χ0v) is 27.6. The second-order valence-electron chi connectivity index (χ2n) is 11.9. The molecule has 0 saturated carbocycles. The molecule has 2 unspecified atom stereocenters. The van der Waals surface area contributed by atoms with Gasteiger partial charge in [0.25, 0.3) is 0 Å². The van der Waals surface area contributed by atoms with E-state index in [1.807, 2.05) is 0 Å². The highest BCUT2D eigenvalue weighted by atomic mass is 16.8. The predicted octanol–water partition coefficient (Wildman–Crippen LogP) is 7.77. The Morgan fingerprint density at radius 1 is 0.636 bits per heavy atom. The minimum absolute atomic E-state index is 0.00332. The van der Waals surface area contributed by atoms with E-state index >= 15 is 0 Å². The minimum atomic E-state index is -2.45. The van der Waals surface area contributed by atoms with Crippen LogP contribution >= 0.6 is 0 Å². The Kier molecular flexibility index (Phi) is 22.1. The van der Waals surface area contributed by atoms with Crippen LogP contribution in [0.15, 0.2) is 0 Å². The van der Waals surface area contributed by atoms with Crippen molar-refractivity contribution in [3.05, 3.63) is 0 Å². The molecule has 0 aromatic heterocycles. The molecule has 0 spiro atoms. The number of carbonyl (C=O) groups is 5. The van der Waals surface area contributed by atoms with E-state index in [2.05, 4.69) is 6.92 Å². The number of hydrogen-bond acceptors (Lipinski definition) is 10. The number of ether oxygens (including phenoxy) is 5. The average Bonchev–Trinajstić information content (AvgIpc) is 3.01. The van der Waals surface area contributed by atoms with Crippen LogP contribution in [0.2, 0.25) is 0 Å². The van der Waals surface area contributed by atoms with Gasteiger partial charge in [-0.1, -0.05) is 129 Å². The van der Waals surface area contributed by atoms with Gasteiger partial charge in [0.15, 0.2) is 6.61 Å². The molecular formula is C34H58O10. The lowest BCUT2D eigenvalue weighted by molar-refractivity contribution is -0.320. The second-order valence-corrected chi connectivity index (χ2v) is 11.9. The molecule has 1 saturated heterocycles. The summed E-state index contributed by atoms with van der Waals surface area (Å²) in [5.41, 5.74) is 0. The maximum atomic E-state index is 12.7. The van der Waals surface area contributed by atoms with Gasteiger partial charge in [0, 0.05) is 20.3 Å². The number of unbranched alkanes of at least 4 members (excludes halogenated alkanes) is 19. The maximum absolute atomic E-state index is 12.7. The van der Waals surface area contributed by atoms with E-state index in [1.54, 1.807) is 0 Å². The summed E-state index contributed by atoms with van der Waals surface area (Å²) in [4.78, 5) is 60.4. The minimum Gasteiger partial charge on any atom is -0.457 e. The van der Waals surface area contributed by atoms with Crippen LogP contribution in [0.4, 0.5) is 0 Å². The van der Waals surface area contributed by atoms with Crippen LogP contribution < -0.4 is 0 Å². The van der Waals surface area contributed by atoms with Gasteiger partial charge in [-0.25, -0.2) is 0 Å². The molecule has 1 fully saturated rings. The standard InChI is InChI=1S/C34H58O10/c1-4-5-6-7-8-9-10-11-12-13-14-15-16-17-18-19-20-21-22-23-24-32(39)44-34(43-29(3)36)27-40-30(37)25-26-31(38)42-33(34)41-28(2)35/h33H,4-27H2,1-3H3. The van der Waals surface area contributed by atoms with Gasteiger partial charge in [0.1, 0.15) is 0 Å². The van der Waals surface area contributed by atoms with Crippen LogP contribution in [-0.4, -0.2) is 48.5 Å². The van der Waals surface area contributed by atoms with Crippen LogP contribution in [0.5, 0.6) is 0 Å². The van der Waals surface area contributed by atoms with Crippen LogP contribution in [0.25, 0.3) is 0 Å². The predicted molar refractivity (Wildman–Crippen MR) is 165 cm³/mol. The number of hydrogen-bond donors (Lipinski definition) is 0. The van der Waals surface area contributed by atoms with Gasteiger partial charge in [-0.3, -0.25) is 24.0 Å². The molecule has 2 atom stereocenters. The molecule has 0 bridgehead atoms. The summed E-state index contributed by atoms with van der Waals surface area (Å²) in [5, 5.41) is 0. The number of carbonyl (C=O) groups excluding carboxylic acids is 5. The summed E-state index contributed by atoms with van der Waals surface area (Å²) in [6.45, 7) is 3.56. The number of rotatable bonds is 24. The molecular weight excluding hydrogens is 568 g/mol. The summed E-state index contributed by atoms with van der Waals surface area (Å²) in [6, 6.07) is 0. The highest BCUT2D eigenvalue weighted by molar-refractivity contribution is 5.78. The Bertz CT molecular complexity index is 842. The van der Waals surface area contributed by atoms with E-state index in [-0.39, 0.29) is 19.3 Å². The SMILES string of the molecule is CCCCCCCCCCCCCCCCCCCCCCC(=O)OC1(OC(C)=O)COC(=O)CCC(=O)OC1OC(C)=O. The molecule has 0 amide bonds. The molecule has 0 aromatic carbocycles. The molecule has 254 valence electrons. The molecule has 0 N–H and O–H groups in total. The smallest absolute Gasteiger partial charge is 0.366 e. The third kappa shape index (κ3) is 19.6. The molecule has 10 nitrogen and oxygen atoms in total. The molecule has 0 aliphatic carbocycles. The molecule has 1 aliphatic heterocycles. The Hall–Kier alpha value is -2.65. The van der Waals surface area contributed by atoms with Gasteiger partial charge in [-0.05, 0) is 6.42 Å². The Morgan fingerprint density at radius 2 is 1.07 bits per heavy atom. The van der Waals surface area contributed by atoms with Crippen LogP contribution in [0, 0.1) is 0 Å². The quantitative estimate of drug-likeness (QED) is 0.0453. The summed E-state index contributed by atoms with van der Waals surface area (Å²) in [6.07, 6.45) is 22.3.